The molecule has 0 amide bonds. The van der Waals surface area contributed by atoms with Crippen molar-refractivity contribution in [3.8, 4) is 5.75 Å². The Morgan fingerprint density at radius 2 is 1.76 bits per heavy atom. The number of unbranched alkanes of at least 4 members (excludes halogenated alkanes) is 1. The van der Waals surface area contributed by atoms with Gasteiger partial charge in [0.15, 0.2) is 0 Å². The molecule has 0 fully saturated rings. The highest BCUT2D eigenvalue weighted by molar-refractivity contribution is 7.92. The number of H-pyrrole nitrogens is 1. The van der Waals surface area contributed by atoms with Crippen LogP contribution < -0.4 is 9.46 Å². The summed E-state index contributed by atoms with van der Waals surface area (Å²) in [4.78, 5) is 3.14. The SMILES string of the molecule is O=S(=O)(Nc1ccc(CCCC[C@H](O)COc2cc[nH]c2)cc1)c1ccccc1. The van der Waals surface area contributed by atoms with E-state index in [2.05, 4.69) is 9.71 Å². The van der Waals surface area contributed by atoms with Gasteiger partial charge in [0.1, 0.15) is 12.4 Å². The number of hydrogen-bond donors (Lipinski definition) is 3. The average Bonchev–Trinajstić information content (AvgIpc) is 3.25. The maximum absolute atomic E-state index is 12.3. The van der Waals surface area contributed by atoms with Gasteiger partial charge >= 0.3 is 0 Å². The highest BCUT2D eigenvalue weighted by Gasteiger charge is 2.13. The molecule has 3 rings (SSSR count). The van der Waals surface area contributed by atoms with E-state index in [0.717, 1.165) is 30.6 Å². The van der Waals surface area contributed by atoms with Crippen LogP contribution in [-0.2, 0) is 16.4 Å². The molecular formula is C22H26N2O4S. The molecule has 0 unspecified atom stereocenters. The first-order valence-electron chi connectivity index (χ1n) is 9.63. The second-order valence-corrected chi connectivity index (χ2v) is 8.56. The van der Waals surface area contributed by atoms with Gasteiger partial charge in [-0.05, 0) is 55.2 Å². The number of aromatic amines is 1. The summed E-state index contributed by atoms with van der Waals surface area (Å²) in [7, 11) is -3.57. The van der Waals surface area contributed by atoms with Gasteiger partial charge in [0.05, 0.1) is 11.0 Å². The minimum Gasteiger partial charge on any atom is -0.489 e. The highest BCUT2D eigenvalue weighted by atomic mass is 32.2. The molecule has 0 aliphatic rings. The quantitative estimate of drug-likeness (QED) is 0.414. The molecule has 0 aliphatic heterocycles. The third-order valence-corrected chi connectivity index (χ3v) is 5.92. The second kappa shape index (κ2) is 10.1. The zero-order valence-electron chi connectivity index (χ0n) is 16.1. The summed E-state index contributed by atoms with van der Waals surface area (Å²) in [5.41, 5.74) is 1.67. The summed E-state index contributed by atoms with van der Waals surface area (Å²) < 4.78 is 32.7. The highest BCUT2D eigenvalue weighted by Crippen LogP contribution is 2.18. The van der Waals surface area contributed by atoms with Crippen molar-refractivity contribution >= 4 is 15.7 Å². The third-order valence-electron chi connectivity index (χ3n) is 4.52. The average molecular weight is 415 g/mol. The first-order chi connectivity index (χ1) is 14.0. The molecule has 0 saturated carbocycles. The minimum atomic E-state index is -3.57. The molecule has 3 N–H and O–H groups in total. The number of anilines is 1. The van der Waals surface area contributed by atoms with Crippen molar-refractivity contribution < 1.29 is 18.3 Å². The van der Waals surface area contributed by atoms with Crippen molar-refractivity contribution in [2.24, 2.45) is 0 Å². The second-order valence-electron chi connectivity index (χ2n) is 6.87. The summed E-state index contributed by atoms with van der Waals surface area (Å²) in [6, 6.07) is 17.5. The van der Waals surface area contributed by atoms with Crippen LogP contribution in [0.25, 0.3) is 0 Å². The predicted octanol–water partition coefficient (Wildman–Crippen LogP) is 3.97. The van der Waals surface area contributed by atoms with Gasteiger partial charge < -0.3 is 14.8 Å². The first-order valence-corrected chi connectivity index (χ1v) is 11.1. The Hall–Kier alpha value is -2.77. The van der Waals surface area contributed by atoms with Gasteiger partial charge in [-0.3, -0.25) is 4.72 Å². The molecule has 154 valence electrons. The standard InChI is InChI=1S/C22H26N2O4S/c25-20(17-28-21-14-15-23-16-21)7-5-4-6-18-10-12-19(13-11-18)24-29(26,27)22-8-2-1-3-9-22/h1-3,8-16,20,23-25H,4-7,17H2/t20-/m0/s1. The number of benzene rings is 2. The van der Waals surface area contributed by atoms with E-state index >= 15 is 0 Å². The zero-order chi connectivity index (χ0) is 20.5. The Morgan fingerprint density at radius 3 is 2.45 bits per heavy atom. The molecular weight excluding hydrogens is 388 g/mol. The largest absolute Gasteiger partial charge is 0.489 e. The molecule has 1 atom stereocenters. The van der Waals surface area contributed by atoms with E-state index in [4.69, 9.17) is 4.74 Å². The fourth-order valence-electron chi connectivity index (χ4n) is 2.94. The van der Waals surface area contributed by atoms with E-state index < -0.39 is 16.1 Å². The van der Waals surface area contributed by atoms with Crippen LogP contribution in [0, 0.1) is 0 Å². The predicted molar refractivity (Wildman–Crippen MR) is 114 cm³/mol. The van der Waals surface area contributed by atoms with E-state index in [1.165, 1.54) is 0 Å². The Bertz CT molecular complexity index is 956. The van der Waals surface area contributed by atoms with Crippen LogP contribution in [0.3, 0.4) is 0 Å². The molecule has 1 aromatic heterocycles. The maximum Gasteiger partial charge on any atom is 0.261 e. The summed E-state index contributed by atoms with van der Waals surface area (Å²) in [6.07, 6.45) is 6.42. The van der Waals surface area contributed by atoms with Gasteiger partial charge in [-0.1, -0.05) is 36.8 Å². The normalized spacial score (nSPS) is 12.4. The van der Waals surface area contributed by atoms with E-state index in [1.54, 1.807) is 54.9 Å². The number of ether oxygens (including phenoxy) is 1. The van der Waals surface area contributed by atoms with Crippen LogP contribution in [0.15, 0.2) is 78.0 Å². The lowest BCUT2D eigenvalue weighted by Gasteiger charge is -2.11. The lowest BCUT2D eigenvalue weighted by atomic mass is 10.1. The Labute approximate surface area is 171 Å². The van der Waals surface area contributed by atoms with Gasteiger partial charge in [0.2, 0.25) is 0 Å². The number of aliphatic hydroxyl groups excluding tert-OH is 1. The summed E-state index contributed by atoms with van der Waals surface area (Å²) in [6.45, 7) is 0.286. The van der Waals surface area contributed by atoms with Crippen molar-refractivity contribution in [3.63, 3.8) is 0 Å². The Morgan fingerprint density at radius 1 is 1.00 bits per heavy atom. The molecule has 0 saturated heterocycles. The van der Waals surface area contributed by atoms with Crippen molar-refractivity contribution in [1.29, 1.82) is 0 Å². The van der Waals surface area contributed by atoms with E-state index in [0.29, 0.717) is 12.1 Å². The molecule has 0 bridgehead atoms. The smallest absolute Gasteiger partial charge is 0.261 e. The van der Waals surface area contributed by atoms with Crippen LogP contribution in [-0.4, -0.2) is 31.2 Å². The first kappa shape index (κ1) is 21.0. The molecule has 0 aliphatic carbocycles. The number of nitrogens with one attached hydrogen (secondary N) is 2. The summed E-state index contributed by atoms with van der Waals surface area (Å²) in [5, 5.41) is 9.98. The minimum absolute atomic E-state index is 0.239. The molecule has 6 nitrogen and oxygen atoms in total. The molecule has 2 aromatic carbocycles. The van der Waals surface area contributed by atoms with Crippen molar-refractivity contribution in [3.05, 3.63) is 78.6 Å². The van der Waals surface area contributed by atoms with Gasteiger partial charge in [0, 0.05) is 18.1 Å². The molecule has 7 heteroatoms. The van der Waals surface area contributed by atoms with Crippen LogP contribution in [0.5, 0.6) is 5.75 Å². The molecule has 0 radical (unpaired) electrons. The number of aliphatic hydroxyl groups is 1. The monoisotopic (exact) mass is 414 g/mol. The van der Waals surface area contributed by atoms with Crippen molar-refractivity contribution in [2.75, 3.05) is 11.3 Å². The number of hydrogen-bond acceptors (Lipinski definition) is 4. The number of aromatic nitrogens is 1. The maximum atomic E-state index is 12.3. The lowest BCUT2D eigenvalue weighted by molar-refractivity contribution is 0.0978. The third kappa shape index (κ3) is 6.66. The number of rotatable bonds is 11. The number of sulfonamides is 1. The summed E-state index contributed by atoms with van der Waals surface area (Å²) >= 11 is 0. The molecule has 0 spiro atoms. The Kier molecular flexibility index (Phi) is 7.32. The van der Waals surface area contributed by atoms with Crippen LogP contribution in [0.4, 0.5) is 5.69 Å². The van der Waals surface area contributed by atoms with E-state index in [1.807, 2.05) is 18.2 Å². The topological polar surface area (TPSA) is 91.4 Å². The van der Waals surface area contributed by atoms with Crippen LogP contribution >= 0.6 is 0 Å². The molecule has 29 heavy (non-hydrogen) atoms. The van der Waals surface area contributed by atoms with Crippen molar-refractivity contribution in [2.45, 2.75) is 36.7 Å². The van der Waals surface area contributed by atoms with Gasteiger partial charge in [0.25, 0.3) is 10.0 Å². The Balaban J connectivity index is 1.39. The van der Waals surface area contributed by atoms with Crippen LogP contribution in [0.2, 0.25) is 0 Å². The zero-order valence-corrected chi connectivity index (χ0v) is 16.9. The van der Waals surface area contributed by atoms with Crippen molar-refractivity contribution in [1.82, 2.24) is 4.98 Å². The van der Waals surface area contributed by atoms with E-state index in [9.17, 15) is 13.5 Å². The fourth-order valence-corrected chi connectivity index (χ4v) is 4.02. The number of aryl methyl sites for hydroxylation is 1. The molecule has 1 heterocycles. The summed E-state index contributed by atoms with van der Waals surface area (Å²) in [5.74, 6) is 0.729. The molecule has 3 aromatic rings. The van der Waals surface area contributed by atoms with Gasteiger partial charge in [-0.2, -0.15) is 0 Å². The van der Waals surface area contributed by atoms with E-state index in [-0.39, 0.29) is 11.5 Å². The lowest BCUT2D eigenvalue weighted by Crippen LogP contribution is -2.17. The fraction of sp³-hybridized carbons (Fsp3) is 0.273. The van der Waals surface area contributed by atoms with Gasteiger partial charge in [-0.15, -0.1) is 0 Å². The van der Waals surface area contributed by atoms with Gasteiger partial charge in [-0.25, -0.2) is 8.42 Å². The van der Waals surface area contributed by atoms with Crippen LogP contribution in [0.1, 0.15) is 24.8 Å².